The third-order valence-corrected chi connectivity index (χ3v) is 3.68. The summed E-state index contributed by atoms with van der Waals surface area (Å²) in [6, 6.07) is 5.22. The molecule has 0 saturated carbocycles. The highest BCUT2D eigenvalue weighted by Gasteiger charge is 2.19. The van der Waals surface area contributed by atoms with Crippen LogP contribution in [0, 0.1) is 0 Å². The lowest BCUT2D eigenvalue weighted by Crippen LogP contribution is -2.39. The zero-order valence-electron chi connectivity index (χ0n) is 12.5. The SMILES string of the molecule is CCOc1ccc(NC(=O)C2CCCCCN2)cc1CO. The zero-order chi connectivity index (χ0) is 15.1. The van der Waals surface area contributed by atoms with E-state index in [1.165, 1.54) is 6.42 Å². The summed E-state index contributed by atoms with van der Waals surface area (Å²) in [5, 5.41) is 15.6. The largest absolute Gasteiger partial charge is 0.494 e. The molecule has 1 aliphatic heterocycles. The Labute approximate surface area is 125 Å². The van der Waals surface area contributed by atoms with Gasteiger partial charge >= 0.3 is 0 Å². The lowest BCUT2D eigenvalue weighted by molar-refractivity contribution is -0.118. The number of amides is 1. The van der Waals surface area contributed by atoms with Gasteiger partial charge < -0.3 is 20.5 Å². The average molecular weight is 292 g/mol. The molecule has 1 amide bonds. The predicted molar refractivity (Wildman–Crippen MR) is 82.4 cm³/mol. The van der Waals surface area contributed by atoms with E-state index in [-0.39, 0.29) is 18.6 Å². The van der Waals surface area contributed by atoms with E-state index < -0.39 is 0 Å². The first-order chi connectivity index (χ1) is 10.2. The molecule has 0 bridgehead atoms. The van der Waals surface area contributed by atoms with Crippen LogP contribution in [0.1, 0.15) is 38.2 Å². The van der Waals surface area contributed by atoms with Gasteiger partial charge in [0, 0.05) is 11.3 Å². The summed E-state index contributed by atoms with van der Waals surface area (Å²) in [6.07, 6.45) is 4.25. The molecule has 0 aliphatic carbocycles. The van der Waals surface area contributed by atoms with E-state index in [9.17, 15) is 9.90 Å². The van der Waals surface area contributed by atoms with Crippen LogP contribution in [0.5, 0.6) is 5.75 Å². The molecule has 2 rings (SSSR count). The van der Waals surface area contributed by atoms with Crippen LogP contribution >= 0.6 is 0 Å². The Kier molecular flexibility index (Phi) is 6.02. The summed E-state index contributed by atoms with van der Waals surface area (Å²) in [5.41, 5.74) is 1.38. The Bertz CT molecular complexity index is 469. The van der Waals surface area contributed by atoms with Crippen LogP contribution in [-0.4, -0.2) is 30.2 Å². The highest BCUT2D eigenvalue weighted by molar-refractivity contribution is 5.95. The number of aliphatic hydroxyl groups is 1. The number of nitrogens with one attached hydrogen (secondary N) is 2. The minimum Gasteiger partial charge on any atom is -0.494 e. The molecule has 1 aliphatic rings. The maximum absolute atomic E-state index is 12.3. The van der Waals surface area contributed by atoms with Crippen LogP contribution < -0.4 is 15.4 Å². The number of anilines is 1. The number of ether oxygens (including phenoxy) is 1. The molecule has 116 valence electrons. The highest BCUT2D eigenvalue weighted by Crippen LogP contribution is 2.23. The van der Waals surface area contributed by atoms with Gasteiger partial charge in [0.05, 0.1) is 19.3 Å². The van der Waals surface area contributed by atoms with Gasteiger partial charge in [-0.25, -0.2) is 0 Å². The summed E-state index contributed by atoms with van der Waals surface area (Å²) in [7, 11) is 0. The van der Waals surface area contributed by atoms with E-state index in [2.05, 4.69) is 10.6 Å². The smallest absolute Gasteiger partial charge is 0.241 e. The van der Waals surface area contributed by atoms with Gasteiger partial charge in [0.25, 0.3) is 0 Å². The molecule has 1 aromatic rings. The highest BCUT2D eigenvalue weighted by atomic mass is 16.5. The number of carbonyl (C=O) groups excluding carboxylic acids is 1. The van der Waals surface area contributed by atoms with Crippen LogP contribution in [0.15, 0.2) is 18.2 Å². The average Bonchev–Trinajstić information content (AvgIpc) is 2.78. The minimum absolute atomic E-state index is 0.00931. The van der Waals surface area contributed by atoms with Crippen LogP contribution in [0.2, 0.25) is 0 Å². The van der Waals surface area contributed by atoms with Crippen molar-refractivity contribution < 1.29 is 14.6 Å². The maximum Gasteiger partial charge on any atom is 0.241 e. The fraction of sp³-hybridized carbons (Fsp3) is 0.562. The van der Waals surface area contributed by atoms with Gasteiger partial charge in [-0.3, -0.25) is 4.79 Å². The van der Waals surface area contributed by atoms with Gasteiger partial charge in [-0.1, -0.05) is 12.8 Å². The Hall–Kier alpha value is -1.59. The standard InChI is InChI=1S/C16H24N2O3/c1-2-21-15-8-7-13(10-12(15)11-19)18-16(20)14-6-4-3-5-9-17-14/h7-8,10,14,17,19H,2-6,9,11H2,1H3,(H,18,20). The van der Waals surface area contributed by atoms with Gasteiger partial charge in [0.15, 0.2) is 0 Å². The molecule has 1 unspecified atom stereocenters. The summed E-state index contributed by atoms with van der Waals surface area (Å²) >= 11 is 0. The van der Waals surface area contributed by atoms with E-state index in [1.807, 2.05) is 6.92 Å². The molecule has 0 aromatic heterocycles. The molecule has 0 spiro atoms. The number of rotatable bonds is 5. The second-order valence-electron chi connectivity index (χ2n) is 5.26. The first kappa shape index (κ1) is 15.8. The van der Waals surface area contributed by atoms with Crippen LogP contribution in [0.4, 0.5) is 5.69 Å². The van der Waals surface area contributed by atoms with E-state index in [1.54, 1.807) is 18.2 Å². The molecule has 21 heavy (non-hydrogen) atoms. The Balaban J connectivity index is 2.02. The van der Waals surface area contributed by atoms with Gasteiger partial charge in [0.2, 0.25) is 5.91 Å². The first-order valence-corrected chi connectivity index (χ1v) is 7.65. The Morgan fingerprint density at radius 1 is 1.43 bits per heavy atom. The molecule has 5 heteroatoms. The number of aliphatic hydroxyl groups excluding tert-OH is 1. The van der Waals surface area contributed by atoms with Crippen LogP contribution in [-0.2, 0) is 11.4 Å². The number of carbonyl (C=O) groups is 1. The van der Waals surface area contributed by atoms with Crippen molar-refractivity contribution >= 4 is 11.6 Å². The summed E-state index contributed by atoms with van der Waals surface area (Å²) in [5.74, 6) is 0.649. The van der Waals surface area contributed by atoms with Gasteiger partial charge in [-0.05, 0) is 44.5 Å². The monoisotopic (exact) mass is 292 g/mol. The second-order valence-corrected chi connectivity index (χ2v) is 5.26. The van der Waals surface area contributed by atoms with Crippen molar-refractivity contribution in [2.75, 3.05) is 18.5 Å². The Morgan fingerprint density at radius 2 is 2.29 bits per heavy atom. The number of hydrogen-bond acceptors (Lipinski definition) is 4. The minimum atomic E-state index is -0.128. The fourth-order valence-electron chi connectivity index (χ4n) is 2.56. The molecule has 1 heterocycles. The van der Waals surface area contributed by atoms with Crippen molar-refractivity contribution in [3.63, 3.8) is 0 Å². The molecule has 1 atom stereocenters. The van der Waals surface area contributed by atoms with Gasteiger partial charge in [-0.15, -0.1) is 0 Å². The molecule has 1 aromatic carbocycles. The van der Waals surface area contributed by atoms with Crippen molar-refractivity contribution in [2.45, 2.75) is 45.3 Å². The summed E-state index contributed by atoms with van der Waals surface area (Å²) < 4.78 is 5.44. The molecule has 1 fully saturated rings. The second kappa shape index (κ2) is 8.00. The third-order valence-electron chi connectivity index (χ3n) is 3.68. The molecule has 5 nitrogen and oxygen atoms in total. The van der Waals surface area contributed by atoms with Crippen molar-refractivity contribution in [2.24, 2.45) is 0 Å². The fourth-order valence-corrected chi connectivity index (χ4v) is 2.56. The predicted octanol–water partition coefficient (Wildman–Crippen LogP) is 2.05. The van der Waals surface area contributed by atoms with E-state index >= 15 is 0 Å². The number of benzene rings is 1. The first-order valence-electron chi connectivity index (χ1n) is 7.65. The molecule has 3 N–H and O–H groups in total. The van der Waals surface area contributed by atoms with Crippen molar-refractivity contribution in [1.82, 2.24) is 5.32 Å². The zero-order valence-corrected chi connectivity index (χ0v) is 12.5. The van der Waals surface area contributed by atoms with Crippen molar-refractivity contribution in [3.8, 4) is 5.75 Å². The van der Waals surface area contributed by atoms with Crippen LogP contribution in [0.25, 0.3) is 0 Å². The topological polar surface area (TPSA) is 70.6 Å². The summed E-state index contributed by atoms with van der Waals surface area (Å²) in [6.45, 7) is 3.23. The molecular weight excluding hydrogens is 268 g/mol. The van der Waals surface area contributed by atoms with E-state index in [4.69, 9.17) is 4.74 Å². The third kappa shape index (κ3) is 4.44. The maximum atomic E-state index is 12.3. The Morgan fingerprint density at radius 3 is 3.05 bits per heavy atom. The van der Waals surface area contributed by atoms with Crippen molar-refractivity contribution in [3.05, 3.63) is 23.8 Å². The summed E-state index contributed by atoms with van der Waals surface area (Å²) in [4.78, 5) is 12.3. The quantitative estimate of drug-likeness (QED) is 0.777. The number of hydrogen-bond donors (Lipinski definition) is 3. The van der Waals surface area contributed by atoms with E-state index in [0.29, 0.717) is 23.6 Å². The van der Waals surface area contributed by atoms with Crippen LogP contribution in [0.3, 0.4) is 0 Å². The normalized spacial score (nSPS) is 18.9. The van der Waals surface area contributed by atoms with Gasteiger partial charge in [0.1, 0.15) is 5.75 Å². The van der Waals surface area contributed by atoms with E-state index in [0.717, 1.165) is 25.8 Å². The lowest BCUT2D eigenvalue weighted by Gasteiger charge is -2.16. The molecule has 0 radical (unpaired) electrons. The van der Waals surface area contributed by atoms with Crippen molar-refractivity contribution in [1.29, 1.82) is 0 Å². The molecular formula is C16H24N2O3. The van der Waals surface area contributed by atoms with Gasteiger partial charge in [-0.2, -0.15) is 0 Å². The lowest BCUT2D eigenvalue weighted by atomic mass is 10.1. The molecule has 1 saturated heterocycles.